The number of hydrogen-bond donors (Lipinski definition) is 0. The number of hydrogen-bond acceptors (Lipinski definition) is 4. The smallest absolute Gasteiger partial charge is 0.138 e. The number of benzene rings is 7. The summed E-state index contributed by atoms with van der Waals surface area (Å²) < 4.78 is 9.08. The number of fused-ring (bicyclic) bond motifs is 4. The zero-order valence-electron chi connectivity index (χ0n) is 36.4. The van der Waals surface area contributed by atoms with Crippen molar-refractivity contribution in [1.29, 1.82) is 0 Å². The predicted molar refractivity (Wildman–Crippen MR) is 260 cm³/mol. The van der Waals surface area contributed by atoms with Crippen LogP contribution < -0.4 is 14.5 Å². The van der Waals surface area contributed by atoms with Gasteiger partial charge in [0.1, 0.15) is 24.0 Å². The first-order chi connectivity index (χ1) is 30.2. The summed E-state index contributed by atoms with van der Waals surface area (Å²) >= 11 is 0. The van der Waals surface area contributed by atoms with Crippen LogP contribution >= 0.6 is 0 Å². The van der Waals surface area contributed by atoms with E-state index in [1.807, 2.05) is 12.3 Å². The maximum absolute atomic E-state index is 6.78. The molecule has 0 unspecified atom stereocenters. The molecule has 0 saturated heterocycles. The van der Waals surface area contributed by atoms with Gasteiger partial charge in [-0.25, -0.2) is 4.98 Å². The van der Waals surface area contributed by atoms with Crippen LogP contribution in [0.3, 0.4) is 0 Å². The van der Waals surface area contributed by atoms with E-state index in [0.29, 0.717) is 24.4 Å². The Morgan fingerprint density at radius 3 is 1.87 bits per heavy atom. The molecule has 5 nitrogen and oxygen atoms in total. The Kier molecular flexibility index (Phi) is 10.1. The molecule has 1 aliphatic heterocycles. The SMILES string of the molecule is CC(C)c1cc(C(C)C)c(-c2ccnc(-n3c4ccccc4c4ccc(Oc5cccc(N6CN(c7ccccc7-c7ccccc7)c7ccccc76)c5)cc43)c2)c(C(C)C)c1. The Morgan fingerprint density at radius 1 is 0.484 bits per heavy atom. The van der Waals surface area contributed by atoms with E-state index in [2.05, 4.69) is 220 Å². The summed E-state index contributed by atoms with van der Waals surface area (Å²) in [6, 6.07) is 60.8. The summed E-state index contributed by atoms with van der Waals surface area (Å²) in [5.41, 5.74) is 15.8. The molecule has 7 aromatic carbocycles. The van der Waals surface area contributed by atoms with Crippen molar-refractivity contribution in [3.63, 3.8) is 0 Å². The Hall–Kier alpha value is -7.11. The monoisotopic (exact) mass is 808 g/mol. The highest BCUT2D eigenvalue weighted by molar-refractivity contribution is 6.09. The third-order valence-corrected chi connectivity index (χ3v) is 12.4. The molecule has 0 N–H and O–H groups in total. The molecule has 0 spiro atoms. The molecule has 10 rings (SSSR count). The minimum atomic E-state index is 0.375. The lowest BCUT2D eigenvalue weighted by molar-refractivity contribution is 0.483. The fourth-order valence-corrected chi connectivity index (χ4v) is 9.31. The Morgan fingerprint density at radius 2 is 1.13 bits per heavy atom. The van der Waals surface area contributed by atoms with E-state index in [1.54, 1.807) is 0 Å². The van der Waals surface area contributed by atoms with Crippen molar-refractivity contribution in [2.75, 3.05) is 16.5 Å². The van der Waals surface area contributed by atoms with Crippen molar-refractivity contribution in [2.45, 2.75) is 59.3 Å². The molecule has 0 bridgehead atoms. The van der Waals surface area contributed by atoms with Gasteiger partial charge in [-0.3, -0.25) is 4.57 Å². The van der Waals surface area contributed by atoms with Gasteiger partial charge in [0.15, 0.2) is 0 Å². The van der Waals surface area contributed by atoms with Gasteiger partial charge >= 0.3 is 0 Å². The molecule has 0 fully saturated rings. The van der Waals surface area contributed by atoms with Crippen molar-refractivity contribution >= 4 is 44.6 Å². The largest absolute Gasteiger partial charge is 0.457 e. The Labute approximate surface area is 365 Å². The van der Waals surface area contributed by atoms with Crippen LogP contribution in [0.4, 0.5) is 22.7 Å². The third kappa shape index (κ3) is 6.97. The molecular weight excluding hydrogens is 757 g/mol. The maximum atomic E-state index is 6.78. The van der Waals surface area contributed by atoms with E-state index in [4.69, 9.17) is 9.72 Å². The average molecular weight is 809 g/mol. The number of pyridine rings is 1. The fraction of sp³-hybridized carbons (Fsp3) is 0.175. The topological polar surface area (TPSA) is 33.5 Å². The van der Waals surface area contributed by atoms with Gasteiger partial charge in [0.25, 0.3) is 0 Å². The minimum absolute atomic E-state index is 0.375. The zero-order chi connectivity index (χ0) is 42.5. The van der Waals surface area contributed by atoms with Gasteiger partial charge in [0.05, 0.1) is 28.1 Å². The predicted octanol–water partition coefficient (Wildman–Crippen LogP) is 15.9. The number of anilines is 4. The van der Waals surface area contributed by atoms with Gasteiger partial charge in [-0.1, -0.05) is 139 Å². The second-order valence-electron chi connectivity index (χ2n) is 17.4. The van der Waals surface area contributed by atoms with Crippen molar-refractivity contribution in [3.05, 3.63) is 193 Å². The molecule has 0 atom stereocenters. The molecule has 306 valence electrons. The van der Waals surface area contributed by atoms with Gasteiger partial charge in [0.2, 0.25) is 0 Å². The lowest BCUT2D eigenvalue weighted by Gasteiger charge is -2.24. The highest BCUT2D eigenvalue weighted by Crippen LogP contribution is 2.47. The normalized spacial score (nSPS) is 12.7. The summed E-state index contributed by atoms with van der Waals surface area (Å²) in [6.07, 6.45) is 1.97. The molecule has 0 saturated carbocycles. The Bertz CT molecular complexity index is 3060. The number of nitrogens with zero attached hydrogens (tertiary/aromatic N) is 4. The number of ether oxygens (including phenoxy) is 1. The molecule has 1 aliphatic rings. The first kappa shape index (κ1) is 39.1. The van der Waals surface area contributed by atoms with Crippen molar-refractivity contribution in [2.24, 2.45) is 0 Å². The maximum Gasteiger partial charge on any atom is 0.138 e. The first-order valence-corrected chi connectivity index (χ1v) is 22.0. The molecule has 5 heteroatoms. The van der Waals surface area contributed by atoms with E-state index in [0.717, 1.165) is 45.1 Å². The summed E-state index contributed by atoms with van der Waals surface area (Å²) in [7, 11) is 0. The quantitative estimate of drug-likeness (QED) is 0.138. The number of para-hydroxylation sites is 4. The third-order valence-electron chi connectivity index (χ3n) is 12.4. The lowest BCUT2D eigenvalue weighted by atomic mass is 9.82. The van der Waals surface area contributed by atoms with Crippen LogP contribution in [0.2, 0.25) is 0 Å². The highest BCUT2D eigenvalue weighted by atomic mass is 16.5. The van der Waals surface area contributed by atoms with Crippen LogP contribution in [0.5, 0.6) is 11.5 Å². The van der Waals surface area contributed by atoms with Gasteiger partial charge in [-0.05, 0) is 112 Å². The number of rotatable bonds is 10. The van der Waals surface area contributed by atoms with E-state index in [9.17, 15) is 0 Å². The zero-order valence-corrected chi connectivity index (χ0v) is 36.4. The summed E-state index contributed by atoms with van der Waals surface area (Å²) in [5.74, 6) is 3.64. The van der Waals surface area contributed by atoms with Crippen LogP contribution in [-0.4, -0.2) is 16.2 Å². The van der Waals surface area contributed by atoms with Crippen LogP contribution in [0.25, 0.3) is 49.9 Å². The van der Waals surface area contributed by atoms with E-state index in [-0.39, 0.29) is 0 Å². The second-order valence-corrected chi connectivity index (χ2v) is 17.4. The highest BCUT2D eigenvalue weighted by Gasteiger charge is 2.29. The number of aromatic nitrogens is 2. The Balaban J connectivity index is 1.02. The summed E-state index contributed by atoms with van der Waals surface area (Å²) in [6.45, 7) is 14.5. The molecule has 9 aromatic rings. The van der Waals surface area contributed by atoms with Crippen molar-refractivity contribution in [3.8, 4) is 39.6 Å². The lowest BCUT2D eigenvalue weighted by Crippen LogP contribution is -2.24. The van der Waals surface area contributed by atoms with E-state index in [1.165, 1.54) is 55.7 Å². The van der Waals surface area contributed by atoms with Crippen LogP contribution in [0, 0.1) is 0 Å². The summed E-state index contributed by atoms with van der Waals surface area (Å²) in [4.78, 5) is 9.84. The van der Waals surface area contributed by atoms with Crippen LogP contribution in [0.15, 0.2) is 176 Å². The summed E-state index contributed by atoms with van der Waals surface area (Å²) in [5, 5.41) is 2.34. The van der Waals surface area contributed by atoms with Gasteiger partial charge in [-0.15, -0.1) is 0 Å². The van der Waals surface area contributed by atoms with Crippen LogP contribution in [-0.2, 0) is 0 Å². The van der Waals surface area contributed by atoms with Crippen molar-refractivity contribution in [1.82, 2.24) is 9.55 Å². The molecule has 3 heterocycles. The van der Waals surface area contributed by atoms with Crippen LogP contribution in [0.1, 0.15) is 76.0 Å². The molecule has 62 heavy (non-hydrogen) atoms. The fourth-order valence-electron chi connectivity index (χ4n) is 9.31. The molecular formula is C57H52N4O. The second kappa shape index (κ2) is 16.1. The first-order valence-electron chi connectivity index (χ1n) is 22.0. The van der Waals surface area contributed by atoms with E-state index >= 15 is 0 Å². The van der Waals surface area contributed by atoms with Gasteiger partial charge < -0.3 is 14.5 Å². The standard InChI is InChI=1S/C57H52N4O/c1-37(2)42-31-49(38(3)4)57(50(32-42)39(5)6)41-29-30-58-56(33-41)61-52-24-13-11-22-47(52)48-28-27-45(35-55(48)61)62-44-20-16-19-43(34-44)59-36-60(54-26-15-14-25-53(54)59)51-23-12-10-21-46(51)40-17-8-7-9-18-40/h7-35,37-39H,36H2,1-6H3. The minimum Gasteiger partial charge on any atom is -0.457 e. The van der Waals surface area contributed by atoms with Crippen molar-refractivity contribution < 1.29 is 4.74 Å². The molecule has 0 aliphatic carbocycles. The molecule has 0 radical (unpaired) electrons. The van der Waals surface area contributed by atoms with Gasteiger partial charge in [-0.2, -0.15) is 0 Å². The van der Waals surface area contributed by atoms with E-state index < -0.39 is 0 Å². The van der Waals surface area contributed by atoms with Gasteiger partial charge in [0, 0.05) is 40.4 Å². The average Bonchev–Trinajstić information content (AvgIpc) is 3.85. The molecule has 2 aromatic heterocycles. The molecule has 0 amide bonds.